The SMILES string of the molecule is Cc1cc(C(N)COc2ccccc2)cc2c1NC(=O)C2(C)C. The van der Waals surface area contributed by atoms with Crippen LogP contribution < -0.4 is 15.8 Å². The number of ether oxygens (including phenoxy) is 1. The lowest BCUT2D eigenvalue weighted by Crippen LogP contribution is -2.27. The Labute approximate surface area is 136 Å². The first-order valence-corrected chi connectivity index (χ1v) is 7.79. The minimum atomic E-state index is -0.532. The van der Waals surface area contributed by atoms with Crippen molar-refractivity contribution in [3.63, 3.8) is 0 Å². The summed E-state index contributed by atoms with van der Waals surface area (Å²) < 4.78 is 5.75. The number of benzene rings is 2. The molecule has 2 aromatic carbocycles. The van der Waals surface area contributed by atoms with Gasteiger partial charge in [-0.1, -0.05) is 30.3 Å². The Morgan fingerprint density at radius 3 is 2.61 bits per heavy atom. The van der Waals surface area contributed by atoms with Gasteiger partial charge < -0.3 is 15.8 Å². The first-order chi connectivity index (χ1) is 10.9. The summed E-state index contributed by atoms with van der Waals surface area (Å²) in [5, 5.41) is 2.97. The average Bonchev–Trinajstić information content (AvgIpc) is 2.77. The van der Waals surface area contributed by atoms with E-state index in [4.69, 9.17) is 10.5 Å². The Balaban J connectivity index is 1.83. The van der Waals surface area contributed by atoms with Crippen molar-refractivity contribution >= 4 is 11.6 Å². The van der Waals surface area contributed by atoms with Gasteiger partial charge in [0, 0.05) is 5.69 Å². The van der Waals surface area contributed by atoms with Crippen molar-refractivity contribution in [2.24, 2.45) is 5.73 Å². The third-order valence-electron chi connectivity index (χ3n) is 4.44. The molecule has 1 heterocycles. The maximum atomic E-state index is 12.1. The number of hydrogen-bond donors (Lipinski definition) is 2. The molecule has 1 aliphatic rings. The van der Waals surface area contributed by atoms with E-state index < -0.39 is 5.41 Å². The fourth-order valence-corrected chi connectivity index (χ4v) is 2.88. The summed E-state index contributed by atoms with van der Waals surface area (Å²) in [6.45, 7) is 6.26. The molecule has 0 spiro atoms. The van der Waals surface area contributed by atoms with E-state index in [2.05, 4.69) is 5.32 Å². The highest BCUT2D eigenvalue weighted by molar-refractivity contribution is 6.06. The van der Waals surface area contributed by atoms with Crippen molar-refractivity contribution in [2.45, 2.75) is 32.2 Å². The van der Waals surface area contributed by atoms with Crippen LogP contribution in [0.15, 0.2) is 42.5 Å². The zero-order valence-corrected chi connectivity index (χ0v) is 13.7. The monoisotopic (exact) mass is 310 g/mol. The lowest BCUT2D eigenvalue weighted by Gasteiger charge is -2.19. The summed E-state index contributed by atoms with van der Waals surface area (Å²) in [4.78, 5) is 12.1. The lowest BCUT2D eigenvalue weighted by molar-refractivity contribution is -0.119. The standard InChI is InChI=1S/C19H22N2O2/c1-12-9-13(10-15-17(12)21-18(22)19(15,2)3)16(20)11-23-14-7-5-4-6-8-14/h4-10,16H,11,20H2,1-3H3,(H,21,22). The molecule has 0 saturated heterocycles. The summed E-state index contributed by atoms with van der Waals surface area (Å²) in [7, 11) is 0. The summed E-state index contributed by atoms with van der Waals surface area (Å²) in [6.07, 6.45) is 0. The first-order valence-electron chi connectivity index (χ1n) is 7.79. The number of carbonyl (C=O) groups excluding carboxylic acids is 1. The number of carbonyl (C=O) groups is 1. The van der Waals surface area contributed by atoms with E-state index in [0.29, 0.717) is 6.61 Å². The Hall–Kier alpha value is -2.33. The molecule has 1 aliphatic heterocycles. The predicted molar refractivity (Wildman–Crippen MR) is 91.7 cm³/mol. The summed E-state index contributed by atoms with van der Waals surface area (Å²) in [5.74, 6) is 0.833. The molecule has 3 rings (SSSR count). The highest BCUT2D eigenvalue weighted by atomic mass is 16.5. The van der Waals surface area contributed by atoms with Crippen LogP contribution in [0.3, 0.4) is 0 Å². The number of para-hydroxylation sites is 1. The number of anilines is 1. The zero-order chi connectivity index (χ0) is 16.6. The summed E-state index contributed by atoms with van der Waals surface area (Å²) in [5.41, 5.74) is 9.71. The highest BCUT2D eigenvalue weighted by Gasteiger charge is 2.39. The van der Waals surface area contributed by atoms with Crippen LogP contribution in [0.1, 0.15) is 36.6 Å². The average molecular weight is 310 g/mol. The molecule has 2 aromatic rings. The number of rotatable bonds is 4. The Morgan fingerprint density at radius 2 is 1.91 bits per heavy atom. The van der Waals surface area contributed by atoms with Crippen molar-refractivity contribution in [3.05, 3.63) is 59.2 Å². The first kappa shape index (κ1) is 15.6. The molecule has 0 bridgehead atoms. The molecule has 23 heavy (non-hydrogen) atoms. The van der Waals surface area contributed by atoms with Crippen LogP contribution in [-0.2, 0) is 10.2 Å². The number of nitrogens with one attached hydrogen (secondary N) is 1. The highest BCUT2D eigenvalue weighted by Crippen LogP contribution is 2.40. The van der Waals surface area contributed by atoms with Gasteiger partial charge >= 0.3 is 0 Å². The maximum Gasteiger partial charge on any atom is 0.234 e. The number of amides is 1. The number of aryl methyl sites for hydroxylation is 1. The zero-order valence-electron chi connectivity index (χ0n) is 13.7. The van der Waals surface area contributed by atoms with Gasteiger partial charge in [0.15, 0.2) is 0 Å². The fourth-order valence-electron chi connectivity index (χ4n) is 2.88. The third-order valence-corrected chi connectivity index (χ3v) is 4.44. The van der Waals surface area contributed by atoms with E-state index in [9.17, 15) is 4.79 Å². The maximum absolute atomic E-state index is 12.1. The van der Waals surface area contributed by atoms with Crippen LogP contribution in [0, 0.1) is 6.92 Å². The van der Waals surface area contributed by atoms with Crippen LogP contribution in [0.2, 0.25) is 0 Å². The molecule has 1 atom stereocenters. The van der Waals surface area contributed by atoms with Gasteiger partial charge in [0.25, 0.3) is 0 Å². The van der Waals surface area contributed by atoms with Gasteiger partial charge in [-0.3, -0.25) is 4.79 Å². The molecule has 3 N–H and O–H groups in total. The molecule has 1 amide bonds. The van der Waals surface area contributed by atoms with Gasteiger partial charge in [-0.2, -0.15) is 0 Å². The third kappa shape index (κ3) is 2.82. The molecule has 0 radical (unpaired) electrons. The van der Waals surface area contributed by atoms with Gasteiger partial charge in [0.2, 0.25) is 5.91 Å². The van der Waals surface area contributed by atoms with Gasteiger partial charge in [-0.05, 0) is 49.6 Å². The molecule has 1 unspecified atom stereocenters. The number of hydrogen-bond acceptors (Lipinski definition) is 3. The molecule has 0 aliphatic carbocycles. The van der Waals surface area contributed by atoms with Gasteiger partial charge in [0.05, 0.1) is 11.5 Å². The Bertz CT molecular complexity index is 739. The van der Waals surface area contributed by atoms with Crippen LogP contribution in [0.5, 0.6) is 5.75 Å². The normalized spacial score (nSPS) is 16.6. The van der Waals surface area contributed by atoms with Crippen molar-refractivity contribution in [1.82, 2.24) is 0 Å². The topological polar surface area (TPSA) is 64.3 Å². The van der Waals surface area contributed by atoms with E-state index in [1.54, 1.807) is 0 Å². The Morgan fingerprint density at radius 1 is 1.22 bits per heavy atom. The van der Waals surface area contributed by atoms with Crippen LogP contribution in [-0.4, -0.2) is 12.5 Å². The van der Waals surface area contributed by atoms with Crippen molar-refractivity contribution in [3.8, 4) is 5.75 Å². The van der Waals surface area contributed by atoms with E-state index in [-0.39, 0.29) is 11.9 Å². The lowest BCUT2D eigenvalue weighted by atomic mass is 9.84. The largest absolute Gasteiger partial charge is 0.492 e. The second-order valence-electron chi connectivity index (χ2n) is 6.57. The molecule has 0 fully saturated rings. The molecule has 4 heteroatoms. The number of fused-ring (bicyclic) bond motifs is 1. The van der Waals surface area contributed by atoms with Crippen LogP contribution in [0.4, 0.5) is 5.69 Å². The minimum absolute atomic E-state index is 0.0295. The van der Waals surface area contributed by atoms with Gasteiger partial charge in [-0.15, -0.1) is 0 Å². The quantitative estimate of drug-likeness (QED) is 0.910. The van der Waals surface area contributed by atoms with E-state index in [0.717, 1.165) is 28.1 Å². The second kappa shape index (κ2) is 5.70. The molecular weight excluding hydrogens is 288 g/mol. The van der Waals surface area contributed by atoms with E-state index in [1.807, 2.05) is 63.2 Å². The van der Waals surface area contributed by atoms with Crippen LogP contribution in [0.25, 0.3) is 0 Å². The van der Waals surface area contributed by atoms with Crippen molar-refractivity contribution in [2.75, 3.05) is 11.9 Å². The Kier molecular flexibility index (Phi) is 3.86. The summed E-state index contributed by atoms with van der Waals surface area (Å²) in [6, 6.07) is 13.4. The predicted octanol–water partition coefficient (Wildman–Crippen LogP) is 3.30. The summed E-state index contributed by atoms with van der Waals surface area (Å²) >= 11 is 0. The van der Waals surface area contributed by atoms with Gasteiger partial charge in [-0.25, -0.2) is 0 Å². The van der Waals surface area contributed by atoms with Gasteiger partial charge in [0.1, 0.15) is 12.4 Å². The second-order valence-corrected chi connectivity index (χ2v) is 6.57. The fraction of sp³-hybridized carbons (Fsp3) is 0.316. The van der Waals surface area contributed by atoms with Crippen molar-refractivity contribution < 1.29 is 9.53 Å². The molecular formula is C19H22N2O2. The minimum Gasteiger partial charge on any atom is -0.492 e. The van der Waals surface area contributed by atoms with Crippen LogP contribution >= 0.6 is 0 Å². The van der Waals surface area contributed by atoms with Crippen molar-refractivity contribution in [1.29, 1.82) is 0 Å². The molecule has 0 aromatic heterocycles. The molecule has 0 saturated carbocycles. The molecule has 120 valence electrons. The van der Waals surface area contributed by atoms with E-state index >= 15 is 0 Å². The molecule has 4 nitrogen and oxygen atoms in total. The number of nitrogens with two attached hydrogens (primary N) is 1. The van der Waals surface area contributed by atoms with E-state index in [1.165, 1.54) is 0 Å². The smallest absolute Gasteiger partial charge is 0.234 e.